The van der Waals surface area contributed by atoms with E-state index < -0.39 is 0 Å². The molecule has 98 valence electrons. The molecule has 0 radical (unpaired) electrons. The highest BCUT2D eigenvalue weighted by atomic mass is 16.5. The molecule has 17 heavy (non-hydrogen) atoms. The van der Waals surface area contributed by atoms with Crippen molar-refractivity contribution < 1.29 is 4.74 Å². The van der Waals surface area contributed by atoms with E-state index in [4.69, 9.17) is 4.74 Å². The maximum absolute atomic E-state index is 5.86. The summed E-state index contributed by atoms with van der Waals surface area (Å²) in [5.74, 6) is 2.14. The quantitative estimate of drug-likeness (QED) is 0.811. The summed E-state index contributed by atoms with van der Waals surface area (Å²) >= 11 is 0. The largest absolute Gasteiger partial charge is 0.374 e. The molecule has 2 saturated carbocycles. The smallest absolute Gasteiger partial charge is 0.0779 e. The second-order valence-electron chi connectivity index (χ2n) is 6.74. The van der Waals surface area contributed by atoms with Gasteiger partial charge in [-0.3, -0.25) is 0 Å². The van der Waals surface area contributed by atoms with Gasteiger partial charge < -0.3 is 10.1 Å². The van der Waals surface area contributed by atoms with Gasteiger partial charge in [-0.25, -0.2) is 0 Å². The van der Waals surface area contributed by atoms with Crippen LogP contribution >= 0.6 is 0 Å². The molecular weight excluding hydrogens is 210 g/mol. The van der Waals surface area contributed by atoms with E-state index in [0.29, 0.717) is 0 Å². The Labute approximate surface area is 105 Å². The lowest BCUT2D eigenvalue weighted by atomic mass is 9.82. The van der Waals surface area contributed by atoms with Gasteiger partial charge in [-0.2, -0.15) is 0 Å². The molecule has 0 spiro atoms. The molecule has 3 atom stereocenters. The Morgan fingerprint density at radius 2 is 2.00 bits per heavy atom. The second-order valence-corrected chi connectivity index (χ2v) is 6.74. The Hall–Kier alpha value is -0.0800. The predicted molar refractivity (Wildman–Crippen MR) is 70.1 cm³/mol. The van der Waals surface area contributed by atoms with Crippen LogP contribution in [0.5, 0.6) is 0 Å². The summed E-state index contributed by atoms with van der Waals surface area (Å²) in [5.41, 5.74) is 0.131. The topological polar surface area (TPSA) is 21.3 Å². The van der Waals surface area contributed by atoms with Gasteiger partial charge in [0.25, 0.3) is 0 Å². The van der Waals surface area contributed by atoms with Crippen molar-refractivity contribution in [2.24, 2.45) is 11.8 Å². The molecule has 2 heteroatoms. The van der Waals surface area contributed by atoms with Gasteiger partial charge in [0.15, 0.2) is 0 Å². The molecule has 3 aliphatic rings. The monoisotopic (exact) mass is 237 g/mol. The zero-order valence-electron chi connectivity index (χ0n) is 11.2. The van der Waals surface area contributed by atoms with Gasteiger partial charge in [-0.05, 0) is 57.3 Å². The molecule has 0 aromatic carbocycles. The van der Waals surface area contributed by atoms with Crippen molar-refractivity contribution in [3.63, 3.8) is 0 Å². The highest BCUT2D eigenvalue weighted by Gasteiger charge is 2.36. The Balaban J connectivity index is 1.44. The first kappa shape index (κ1) is 12.0. The van der Waals surface area contributed by atoms with Crippen molar-refractivity contribution in [1.29, 1.82) is 0 Å². The van der Waals surface area contributed by atoms with E-state index in [-0.39, 0.29) is 5.60 Å². The Kier molecular flexibility index (Phi) is 3.45. The third-order valence-corrected chi connectivity index (χ3v) is 5.07. The van der Waals surface area contributed by atoms with E-state index in [0.717, 1.165) is 31.0 Å². The van der Waals surface area contributed by atoms with Gasteiger partial charge in [0.1, 0.15) is 0 Å². The Bertz CT molecular complexity index is 256. The van der Waals surface area contributed by atoms with Crippen molar-refractivity contribution >= 4 is 0 Å². The third-order valence-electron chi connectivity index (χ3n) is 5.07. The first-order chi connectivity index (χ1) is 8.25. The van der Waals surface area contributed by atoms with Crippen molar-refractivity contribution in [3.8, 4) is 0 Å². The van der Waals surface area contributed by atoms with Crippen LogP contribution in [0.25, 0.3) is 0 Å². The van der Waals surface area contributed by atoms with Crippen LogP contribution in [-0.4, -0.2) is 24.8 Å². The van der Waals surface area contributed by atoms with Crippen LogP contribution in [0.1, 0.15) is 58.3 Å². The van der Waals surface area contributed by atoms with Crippen LogP contribution in [0.15, 0.2) is 0 Å². The minimum Gasteiger partial charge on any atom is -0.374 e. The van der Waals surface area contributed by atoms with E-state index >= 15 is 0 Å². The van der Waals surface area contributed by atoms with Crippen molar-refractivity contribution in [2.45, 2.75) is 69.9 Å². The normalized spacial score (nSPS) is 42.9. The lowest BCUT2D eigenvalue weighted by Crippen LogP contribution is -2.44. The number of rotatable bonds is 4. The van der Waals surface area contributed by atoms with Gasteiger partial charge in [-0.15, -0.1) is 0 Å². The molecule has 0 amide bonds. The van der Waals surface area contributed by atoms with E-state index in [2.05, 4.69) is 12.2 Å². The average molecular weight is 237 g/mol. The molecular formula is C15H27NO. The standard InChI is InChI=1S/C15H27NO/c1-15(8-3-9-17-15)11-16-14-5-2-4-13(10-14)12-6-7-12/h12-14,16H,2-11H2,1H3. The van der Waals surface area contributed by atoms with Gasteiger partial charge in [0, 0.05) is 19.2 Å². The van der Waals surface area contributed by atoms with Crippen LogP contribution in [0, 0.1) is 11.8 Å². The molecule has 1 N–H and O–H groups in total. The van der Waals surface area contributed by atoms with E-state index in [1.54, 1.807) is 0 Å². The zero-order chi connectivity index (χ0) is 11.7. The summed E-state index contributed by atoms with van der Waals surface area (Å²) in [5, 5.41) is 3.79. The zero-order valence-corrected chi connectivity index (χ0v) is 11.2. The summed E-state index contributed by atoms with van der Waals surface area (Å²) in [4.78, 5) is 0. The molecule has 3 fully saturated rings. The molecule has 2 nitrogen and oxygen atoms in total. The highest BCUT2D eigenvalue weighted by Crippen LogP contribution is 2.43. The fourth-order valence-corrected chi connectivity index (χ4v) is 3.75. The van der Waals surface area contributed by atoms with Crippen LogP contribution < -0.4 is 5.32 Å². The summed E-state index contributed by atoms with van der Waals surface area (Å²) in [6.45, 7) is 4.30. The van der Waals surface area contributed by atoms with Crippen LogP contribution in [0.4, 0.5) is 0 Å². The minimum atomic E-state index is 0.131. The number of ether oxygens (including phenoxy) is 1. The maximum Gasteiger partial charge on any atom is 0.0779 e. The fourth-order valence-electron chi connectivity index (χ4n) is 3.75. The molecule has 0 aromatic rings. The van der Waals surface area contributed by atoms with Gasteiger partial charge >= 0.3 is 0 Å². The Morgan fingerprint density at radius 1 is 1.12 bits per heavy atom. The lowest BCUT2D eigenvalue weighted by molar-refractivity contribution is 0.0169. The predicted octanol–water partition coefficient (Wildman–Crippen LogP) is 3.11. The second kappa shape index (κ2) is 4.89. The molecule has 0 bridgehead atoms. The summed E-state index contributed by atoms with van der Waals surface area (Å²) < 4.78 is 5.86. The molecule has 1 saturated heterocycles. The van der Waals surface area contributed by atoms with Crippen LogP contribution in [-0.2, 0) is 4.74 Å². The highest BCUT2D eigenvalue weighted by molar-refractivity contribution is 4.90. The number of hydrogen-bond acceptors (Lipinski definition) is 2. The maximum atomic E-state index is 5.86. The average Bonchev–Trinajstić information content (AvgIpc) is 3.11. The van der Waals surface area contributed by atoms with Gasteiger partial charge in [0.05, 0.1) is 5.60 Å². The van der Waals surface area contributed by atoms with Crippen LogP contribution in [0.2, 0.25) is 0 Å². The fraction of sp³-hybridized carbons (Fsp3) is 1.00. The third kappa shape index (κ3) is 3.03. The molecule has 1 heterocycles. The molecule has 3 rings (SSSR count). The summed E-state index contributed by atoms with van der Waals surface area (Å²) in [6.07, 6.45) is 11.3. The summed E-state index contributed by atoms with van der Waals surface area (Å²) in [7, 11) is 0. The Morgan fingerprint density at radius 3 is 2.71 bits per heavy atom. The molecule has 3 unspecified atom stereocenters. The van der Waals surface area contributed by atoms with Crippen molar-refractivity contribution in [2.75, 3.05) is 13.2 Å². The summed E-state index contributed by atoms with van der Waals surface area (Å²) in [6, 6.07) is 0.773. The van der Waals surface area contributed by atoms with Crippen LogP contribution in [0.3, 0.4) is 0 Å². The minimum absolute atomic E-state index is 0.131. The van der Waals surface area contributed by atoms with E-state index in [1.807, 2.05) is 0 Å². The first-order valence-corrected chi connectivity index (χ1v) is 7.62. The van der Waals surface area contributed by atoms with E-state index in [1.165, 1.54) is 51.4 Å². The number of nitrogens with one attached hydrogen (secondary N) is 1. The van der Waals surface area contributed by atoms with Gasteiger partial charge in [0.2, 0.25) is 0 Å². The molecule has 1 aliphatic heterocycles. The van der Waals surface area contributed by atoms with Crippen molar-refractivity contribution in [1.82, 2.24) is 5.32 Å². The van der Waals surface area contributed by atoms with Gasteiger partial charge in [-0.1, -0.05) is 12.8 Å². The van der Waals surface area contributed by atoms with E-state index in [9.17, 15) is 0 Å². The van der Waals surface area contributed by atoms with Crippen molar-refractivity contribution in [3.05, 3.63) is 0 Å². The first-order valence-electron chi connectivity index (χ1n) is 7.62. The SMILES string of the molecule is CC1(CNC2CCCC(C3CC3)C2)CCCO1. The lowest BCUT2D eigenvalue weighted by Gasteiger charge is -2.33. The molecule has 0 aromatic heterocycles. The number of hydrogen-bond donors (Lipinski definition) is 1. The molecule has 2 aliphatic carbocycles.